The zero-order valence-corrected chi connectivity index (χ0v) is 16.6. The minimum Gasteiger partial charge on any atom is -0.481 e. The van der Waals surface area contributed by atoms with Gasteiger partial charge in [-0.25, -0.2) is 0 Å². The topological polar surface area (TPSA) is 107 Å². The highest BCUT2D eigenvalue weighted by Gasteiger charge is 2.35. The number of hydrogen-bond donors (Lipinski definition) is 4. The normalized spacial score (nSPS) is 25.5. The van der Waals surface area contributed by atoms with Gasteiger partial charge < -0.3 is 25.2 Å². The van der Waals surface area contributed by atoms with Crippen LogP contribution >= 0.6 is 0 Å². The van der Waals surface area contributed by atoms with E-state index < -0.39 is 30.4 Å². The van der Waals surface area contributed by atoms with Gasteiger partial charge in [0.25, 0.3) is 0 Å². The second kappa shape index (κ2) is 14.3. The van der Waals surface area contributed by atoms with E-state index in [1.54, 1.807) is 6.08 Å². The van der Waals surface area contributed by atoms with E-state index in [4.69, 9.17) is 9.84 Å². The van der Waals surface area contributed by atoms with Gasteiger partial charge in [-0.05, 0) is 32.1 Å². The average Bonchev–Trinajstić information content (AvgIpc) is 3.04. The van der Waals surface area contributed by atoms with Crippen LogP contribution in [-0.4, -0.2) is 56.9 Å². The van der Waals surface area contributed by atoms with Crippen molar-refractivity contribution in [3.8, 4) is 0 Å². The lowest BCUT2D eigenvalue weighted by molar-refractivity contribution is -0.136. The van der Waals surface area contributed by atoms with Crippen LogP contribution in [0.5, 0.6) is 0 Å². The van der Waals surface area contributed by atoms with Crippen molar-refractivity contribution in [3.05, 3.63) is 48.6 Å². The highest BCUT2D eigenvalue weighted by atomic mass is 16.5. The lowest BCUT2D eigenvalue weighted by Crippen LogP contribution is -2.24. The molecule has 0 bridgehead atoms. The van der Waals surface area contributed by atoms with Crippen LogP contribution in [0.2, 0.25) is 0 Å². The third kappa shape index (κ3) is 10.6. The van der Waals surface area contributed by atoms with Gasteiger partial charge in [0.15, 0.2) is 0 Å². The molecule has 1 aliphatic rings. The second-order valence-electron chi connectivity index (χ2n) is 6.92. The molecule has 0 aromatic carbocycles. The summed E-state index contributed by atoms with van der Waals surface area (Å²) in [5, 5.41) is 38.4. The molecule has 6 heteroatoms. The lowest BCUT2D eigenvalue weighted by atomic mass is 10.1. The van der Waals surface area contributed by atoms with Crippen LogP contribution in [0.15, 0.2) is 48.6 Å². The van der Waals surface area contributed by atoms with Gasteiger partial charge in [0.1, 0.15) is 0 Å². The highest BCUT2D eigenvalue weighted by molar-refractivity contribution is 5.66. The van der Waals surface area contributed by atoms with Crippen molar-refractivity contribution in [1.82, 2.24) is 0 Å². The summed E-state index contributed by atoms with van der Waals surface area (Å²) in [4.78, 5) is 10.3. The van der Waals surface area contributed by atoms with Gasteiger partial charge >= 0.3 is 5.97 Å². The zero-order chi connectivity index (χ0) is 20.8. The summed E-state index contributed by atoms with van der Waals surface area (Å²) >= 11 is 0. The first-order valence-corrected chi connectivity index (χ1v) is 9.98. The van der Waals surface area contributed by atoms with Gasteiger partial charge in [0.2, 0.25) is 0 Å². The number of aliphatic hydroxyl groups is 3. The molecule has 0 unspecified atom stereocenters. The molecule has 0 spiro atoms. The van der Waals surface area contributed by atoms with E-state index in [1.165, 1.54) is 6.08 Å². The molecule has 0 aromatic rings. The summed E-state index contributed by atoms with van der Waals surface area (Å²) in [6, 6.07) is 0. The van der Waals surface area contributed by atoms with Crippen molar-refractivity contribution >= 4 is 5.97 Å². The first-order chi connectivity index (χ1) is 13.4. The van der Waals surface area contributed by atoms with Crippen LogP contribution in [0.1, 0.15) is 51.9 Å². The Morgan fingerprint density at radius 2 is 1.71 bits per heavy atom. The smallest absolute Gasteiger partial charge is 0.303 e. The van der Waals surface area contributed by atoms with E-state index in [-0.39, 0.29) is 12.5 Å². The van der Waals surface area contributed by atoms with Crippen molar-refractivity contribution in [2.24, 2.45) is 0 Å². The largest absolute Gasteiger partial charge is 0.481 e. The fourth-order valence-electron chi connectivity index (χ4n) is 2.90. The molecular formula is C22H34O6. The molecule has 0 aliphatic carbocycles. The van der Waals surface area contributed by atoms with Gasteiger partial charge in [0, 0.05) is 12.8 Å². The fourth-order valence-corrected chi connectivity index (χ4v) is 2.90. The first-order valence-electron chi connectivity index (χ1n) is 9.98. The van der Waals surface area contributed by atoms with Crippen LogP contribution in [0.25, 0.3) is 0 Å². The number of ether oxygens (including phenoxy) is 1. The predicted octanol–water partition coefficient (Wildman–Crippen LogP) is 2.90. The minimum absolute atomic E-state index is 0.158. The number of hydrogen-bond acceptors (Lipinski definition) is 5. The Labute approximate surface area is 167 Å². The fraction of sp³-hybridized carbons (Fsp3) is 0.591. The molecular weight excluding hydrogens is 360 g/mol. The lowest BCUT2D eigenvalue weighted by Gasteiger charge is -2.16. The number of carboxylic acids is 1. The Hall–Kier alpha value is -1.73. The van der Waals surface area contributed by atoms with E-state index in [9.17, 15) is 20.1 Å². The molecule has 0 amide bonds. The molecule has 6 nitrogen and oxygen atoms in total. The van der Waals surface area contributed by atoms with Crippen LogP contribution in [0.3, 0.4) is 0 Å². The Morgan fingerprint density at radius 1 is 1.07 bits per heavy atom. The van der Waals surface area contributed by atoms with Gasteiger partial charge in [0.05, 0.1) is 30.5 Å². The van der Waals surface area contributed by atoms with E-state index >= 15 is 0 Å². The van der Waals surface area contributed by atoms with E-state index in [2.05, 4.69) is 0 Å². The maximum atomic E-state index is 10.3. The molecule has 1 fully saturated rings. The molecule has 4 N–H and O–H groups in total. The maximum absolute atomic E-state index is 10.3. The third-order valence-electron chi connectivity index (χ3n) is 4.51. The van der Waals surface area contributed by atoms with Crippen molar-refractivity contribution in [1.29, 1.82) is 0 Å². The maximum Gasteiger partial charge on any atom is 0.303 e. The quantitative estimate of drug-likeness (QED) is 0.358. The Balaban J connectivity index is 2.16. The number of rotatable bonds is 13. The first kappa shape index (κ1) is 24.3. The molecule has 1 rings (SSSR count). The number of carbonyl (C=O) groups is 1. The SMILES string of the molecule is CC[C@@H]1O[C@@H]([C@@H](O)/C=C/[C@H](O)C/C=C\C/C=C\C/C=C\CCC(=O)O)C[C@H]1O. The molecule has 1 heterocycles. The number of aliphatic hydroxyl groups excluding tert-OH is 3. The standard InChI is InChI=1S/C22H34O6/c1-2-20-19(25)16-21(28-20)18(24)15-14-17(23)12-10-8-6-4-3-5-7-9-11-13-22(26)27/h3-4,7-10,14-15,17-21,23-25H,2,5-6,11-13,16H2,1H3,(H,26,27)/b4-3-,9-7-,10-8-,15-14+/t17-,18+,19-,20+,21-/m1/s1. The predicted molar refractivity (Wildman–Crippen MR) is 109 cm³/mol. The molecule has 1 aliphatic heterocycles. The number of aliphatic carboxylic acids is 1. The molecule has 0 saturated carbocycles. The highest BCUT2D eigenvalue weighted by Crippen LogP contribution is 2.25. The third-order valence-corrected chi connectivity index (χ3v) is 4.51. The minimum atomic E-state index is -0.837. The van der Waals surface area contributed by atoms with Gasteiger partial charge in [-0.2, -0.15) is 0 Å². The Bertz CT molecular complexity index is 551. The van der Waals surface area contributed by atoms with E-state index in [0.29, 0.717) is 25.7 Å². The summed E-state index contributed by atoms with van der Waals surface area (Å²) in [6.45, 7) is 1.93. The Kier molecular flexibility index (Phi) is 12.4. The molecule has 1 saturated heterocycles. The second-order valence-corrected chi connectivity index (χ2v) is 6.92. The van der Waals surface area contributed by atoms with Gasteiger partial charge in [-0.15, -0.1) is 0 Å². The summed E-state index contributed by atoms with van der Waals surface area (Å²) < 4.78 is 5.61. The van der Waals surface area contributed by atoms with Crippen molar-refractivity contribution in [3.63, 3.8) is 0 Å². The summed E-state index contributed by atoms with van der Waals surface area (Å²) in [5.74, 6) is -0.785. The molecule has 28 heavy (non-hydrogen) atoms. The molecule has 0 aromatic heterocycles. The Morgan fingerprint density at radius 3 is 2.32 bits per heavy atom. The van der Waals surface area contributed by atoms with Crippen LogP contribution in [0.4, 0.5) is 0 Å². The summed E-state index contributed by atoms with van der Waals surface area (Å²) in [6.07, 6.45) is 15.9. The van der Waals surface area contributed by atoms with Crippen LogP contribution < -0.4 is 0 Å². The number of carboxylic acid groups (broad SMARTS) is 1. The van der Waals surface area contributed by atoms with E-state index in [0.717, 1.165) is 12.8 Å². The van der Waals surface area contributed by atoms with Crippen LogP contribution in [-0.2, 0) is 9.53 Å². The van der Waals surface area contributed by atoms with Crippen LogP contribution in [0, 0.1) is 0 Å². The summed E-state index contributed by atoms with van der Waals surface area (Å²) in [7, 11) is 0. The average molecular weight is 395 g/mol. The monoisotopic (exact) mass is 394 g/mol. The molecule has 5 atom stereocenters. The zero-order valence-electron chi connectivity index (χ0n) is 16.6. The van der Waals surface area contributed by atoms with Gasteiger partial charge in [-0.3, -0.25) is 4.79 Å². The summed E-state index contributed by atoms with van der Waals surface area (Å²) in [5.41, 5.74) is 0. The van der Waals surface area contributed by atoms with Crippen molar-refractivity contribution < 1.29 is 30.0 Å². The van der Waals surface area contributed by atoms with Crippen molar-refractivity contribution in [2.75, 3.05) is 0 Å². The number of allylic oxidation sites excluding steroid dienone is 5. The molecule has 0 radical (unpaired) electrons. The van der Waals surface area contributed by atoms with Crippen molar-refractivity contribution in [2.45, 2.75) is 82.4 Å². The van der Waals surface area contributed by atoms with E-state index in [1.807, 2.05) is 43.4 Å². The molecule has 158 valence electrons. The van der Waals surface area contributed by atoms with Gasteiger partial charge in [-0.1, -0.05) is 55.5 Å².